The lowest BCUT2D eigenvalue weighted by Gasteiger charge is -2.23. The minimum atomic E-state index is -4.33. The van der Waals surface area contributed by atoms with Gasteiger partial charge in [0, 0.05) is 12.1 Å². The molecule has 0 spiro atoms. The van der Waals surface area contributed by atoms with Crippen LogP contribution >= 0.6 is 0 Å². The summed E-state index contributed by atoms with van der Waals surface area (Å²) < 4.78 is 37.8. The molecule has 100 valence electrons. The Bertz CT molecular complexity index is 473. The molecule has 7 heteroatoms. The first kappa shape index (κ1) is 14.8. The summed E-state index contributed by atoms with van der Waals surface area (Å²) in [6.07, 6.45) is -3.73. The van der Waals surface area contributed by atoms with Gasteiger partial charge in [0.2, 0.25) is 0 Å². The fourth-order valence-corrected chi connectivity index (χ4v) is 1.88. The van der Waals surface area contributed by atoms with Crippen molar-refractivity contribution in [2.75, 3.05) is 13.6 Å². The molecule has 1 aliphatic rings. The van der Waals surface area contributed by atoms with E-state index in [1.165, 1.54) is 6.07 Å². The van der Waals surface area contributed by atoms with Gasteiger partial charge in [0.15, 0.2) is 11.5 Å². The molecule has 0 saturated carbocycles. The lowest BCUT2D eigenvalue weighted by Crippen LogP contribution is -3.00. The van der Waals surface area contributed by atoms with Crippen molar-refractivity contribution in [1.29, 1.82) is 0 Å². The molecule has 3 nitrogen and oxygen atoms in total. The zero-order chi connectivity index (χ0) is 12.7. The van der Waals surface area contributed by atoms with E-state index < -0.39 is 11.7 Å². The molecule has 2 rings (SSSR count). The van der Waals surface area contributed by atoms with Crippen LogP contribution in [-0.2, 0) is 6.18 Å². The first-order chi connectivity index (χ1) is 7.81. The number of nitrogens with zero attached hydrogens (tertiary/aromatic N) is 2. The van der Waals surface area contributed by atoms with E-state index in [0.29, 0.717) is 24.5 Å². The molecule has 1 aliphatic heterocycles. The number of rotatable bonds is 1. The molecule has 0 aromatic heterocycles. The van der Waals surface area contributed by atoms with Crippen molar-refractivity contribution in [1.82, 2.24) is 4.59 Å². The lowest BCUT2D eigenvalue weighted by atomic mass is 10.2. The molecule has 1 heterocycles. The first-order valence-electron chi connectivity index (χ1n) is 5.19. The standard InChI is InChI=1S/C11H13F3N3.ClH/c1-17(6-5-10(15)16-17)9-4-2-3-8(7-9)11(12,13)14;/h2-4,7H,5-6H2,1H3,(H2,15,16);1H/q+1;/p-1. The van der Waals surface area contributed by atoms with Crippen LogP contribution in [-0.4, -0.2) is 19.4 Å². The Labute approximate surface area is 109 Å². The molecule has 1 unspecified atom stereocenters. The van der Waals surface area contributed by atoms with Gasteiger partial charge in [-0.25, -0.2) is 0 Å². The number of halogens is 4. The number of nitrogens with two attached hydrogens (primary N) is 1. The van der Waals surface area contributed by atoms with E-state index in [4.69, 9.17) is 5.73 Å². The zero-order valence-electron chi connectivity index (χ0n) is 9.71. The highest BCUT2D eigenvalue weighted by Gasteiger charge is 2.35. The van der Waals surface area contributed by atoms with Crippen LogP contribution in [0.4, 0.5) is 18.9 Å². The molecule has 0 saturated heterocycles. The van der Waals surface area contributed by atoms with Crippen molar-refractivity contribution in [3.05, 3.63) is 29.8 Å². The normalized spacial score (nSPS) is 23.4. The molecule has 1 aromatic rings. The van der Waals surface area contributed by atoms with Crippen LogP contribution in [0.3, 0.4) is 0 Å². The minimum Gasteiger partial charge on any atom is -1.00 e. The number of benzene rings is 1. The number of quaternary nitrogens is 1. The van der Waals surface area contributed by atoms with Crippen molar-refractivity contribution >= 4 is 11.5 Å². The molecule has 0 amide bonds. The van der Waals surface area contributed by atoms with Gasteiger partial charge in [0.1, 0.15) is 6.54 Å². The molecule has 1 aromatic carbocycles. The second-order valence-electron chi connectivity index (χ2n) is 4.25. The third-order valence-electron chi connectivity index (χ3n) is 2.88. The maximum absolute atomic E-state index is 12.6. The second-order valence-corrected chi connectivity index (χ2v) is 4.25. The smallest absolute Gasteiger partial charge is 0.416 e. The molecule has 0 aliphatic carbocycles. The predicted octanol–water partition coefficient (Wildman–Crippen LogP) is -0.678. The molecule has 0 fully saturated rings. The Morgan fingerprint density at radius 2 is 2.00 bits per heavy atom. The second kappa shape index (κ2) is 4.78. The monoisotopic (exact) mass is 279 g/mol. The fourth-order valence-electron chi connectivity index (χ4n) is 1.88. The van der Waals surface area contributed by atoms with E-state index in [2.05, 4.69) is 5.10 Å². The predicted molar refractivity (Wildman–Crippen MR) is 60.3 cm³/mol. The highest BCUT2D eigenvalue weighted by molar-refractivity contribution is 5.83. The Kier molecular flexibility index (Phi) is 3.92. The highest BCUT2D eigenvalue weighted by atomic mass is 35.5. The van der Waals surface area contributed by atoms with E-state index in [1.807, 2.05) is 0 Å². The van der Waals surface area contributed by atoms with E-state index in [1.54, 1.807) is 13.1 Å². The molecular weight excluding hydrogens is 267 g/mol. The number of hydrogen-bond donors (Lipinski definition) is 1. The number of hydrogen-bond acceptors (Lipinski definition) is 2. The Morgan fingerprint density at radius 1 is 1.33 bits per heavy atom. The summed E-state index contributed by atoms with van der Waals surface area (Å²) in [4.78, 5) is 0. The van der Waals surface area contributed by atoms with Crippen LogP contribution in [0.5, 0.6) is 0 Å². The van der Waals surface area contributed by atoms with Crippen molar-refractivity contribution in [2.24, 2.45) is 10.8 Å². The van der Waals surface area contributed by atoms with Crippen LogP contribution in [0, 0.1) is 0 Å². The van der Waals surface area contributed by atoms with Gasteiger partial charge in [-0.15, -0.1) is 0 Å². The van der Waals surface area contributed by atoms with Gasteiger partial charge in [-0.2, -0.15) is 17.8 Å². The molecule has 1 atom stereocenters. The van der Waals surface area contributed by atoms with Crippen LogP contribution in [0.1, 0.15) is 12.0 Å². The van der Waals surface area contributed by atoms with Crippen molar-refractivity contribution in [2.45, 2.75) is 12.6 Å². The molecule has 18 heavy (non-hydrogen) atoms. The summed E-state index contributed by atoms with van der Waals surface area (Å²) in [5.74, 6) is 0.477. The third kappa shape index (κ3) is 2.76. The SMILES string of the molecule is C[N+]1(c2cccc(C(F)(F)F)c2)CCC(N)=N1.[Cl-]. The van der Waals surface area contributed by atoms with Crippen molar-refractivity contribution in [3.63, 3.8) is 0 Å². The third-order valence-corrected chi connectivity index (χ3v) is 2.88. The van der Waals surface area contributed by atoms with Crippen molar-refractivity contribution < 1.29 is 25.6 Å². The molecule has 0 radical (unpaired) electrons. The largest absolute Gasteiger partial charge is 1.00 e. The fraction of sp³-hybridized carbons (Fsp3) is 0.364. The van der Waals surface area contributed by atoms with E-state index in [-0.39, 0.29) is 17.0 Å². The van der Waals surface area contributed by atoms with Gasteiger partial charge in [0.25, 0.3) is 0 Å². The first-order valence-corrected chi connectivity index (χ1v) is 5.19. The quantitative estimate of drug-likeness (QED) is 0.680. The number of alkyl halides is 3. The van der Waals surface area contributed by atoms with E-state index >= 15 is 0 Å². The topological polar surface area (TPSA) is 38.4 Å². The Morgan fingerprint density at radius 3 is 2.50 bits per heavy atom. The van der Waals surface area contributed by atoms with Crippen LogP contribution < -0.4 is 22.7 Å². The lowest BCUT2D eigenvalue weighted by molar-refractivity contribution is -0.137. The number of amidine groups is 1. The van der Waals surface area contributed by atoms with Gasteiger partial charge in [-0.3, -0.25) is 0 Å². The molecule has 0 bridgehead atoms. The summed E-state index contributed by atoms with van der Waals surface area (Å²) in [7, 11) is 1.75. The zero-order valence-corrected chi connectivity index (χ0v) is 10.5. The van der Waals surface area contributed by atoms with Crippen LogP contribution in [0.15, 0.2) is 29.4 Å². The summed E-state index contributed by atoms with van der Waals surface area (Å²) in [6.45, 7) is 0.590. The van der Waals surface area contributed by atoms with Gasteiger partial charge < -0.3 is 18.1 Å². The maximum Gasteiger partial charge on any atom is 0.416 e. The molecular formula is C11H13ClF3N3. The average molecular weight is 280 g/mol. The average Bonchev–Trinajstić information content (AvgIpc) is 2.59. The van der Waals surface area contributed by atoms with Gasteiger partial charge in [-0.05, 0) is 6.07 Å². The maximum atomic E-state index is 12.6. The summed E-state index contributed by atoms with van der Waals surface area (Å²) >= 11 is 0. The van der Waals surface area contributed by atoms with Crippen LogP contribution in [0.2, 0.25) is 0 Å². The summed E-state index contributed by atoms with van der Waals surface area (Å²) in [6, 6.07) is 5.21. The van der Waals surface area contributed by atoms with Gasteiger partial charge in [-0.1, -0.05) is 11.2 Å². The Hall–Kier alpha value is -1.27. The Balaban J connectivity index is 0.00000162. The highest BCUT2D eigenvalue weighted by Crippen LogP contribution is 2.34. The van der Waals surface area contributed by atoms with Crippen molar-refractivity contribution in [3.8, 4) is 0 Å². The minimum absolute atomic E-state index is 0. The summed E-state index contributed by atoms with van der Waals surface area (Å²) in [5, 5.41) is 4.18. The van der Waals surface area contributed by atoms with Crippen LogP contribution in [0.25, 0.3) is 0 Å². The van der Waals surface area contributed by atoms with E-state index in [0.717, 1.165) is 12.1 Å². The van der Waals surface area contributed by atoms with Gasteiger partial charge >= 0.3 is 6.18 Å². The van der Waals surface area contributed by atoms with E-state index in [9.17, 15) is 13.2 Å². The van der Waals surface area contributed by atoms with Gasteiger partial charge in [0.05, 0.1) is 19.0 Å². The summed E-state index contributed by atoms with van der Waals surface area (Å²) in [5.41, 5.74) is 5.43. The molecule has 2 N–H and O–H groups in total.